The third-order valence-electron chi connectivity index (χ3n) is 3.10. The quantitative estimate of drug-likeness (QED) is 0.376. The highest BCUT2D eigenvalue weighted by Gasteiger charge is 2.05. The molecular weight excluding hydrogens is 392 g/mol. The van der Waals surface area contributed by atoms with Gasteiger partial charge in [0.1, 0.15) is 10.9 Å². The molecule has 2 aromatic carbocycles. The molecule has 0 aliphatic rings. The number of nitrogens with one attached hydrogen (secondary N) is 1. The minimum atomic E-state index is 0.134. The van der Waals surface area contributed by atoms with E-state index in [1.165, 1.54) is 6.21 Å². The van der Waals surface area contributed by atoms with Crippen LogP contribution in [-0.4, -0.2) is 21.3 Å². The fourth-order valence-electron chi connectivity index (χ4n) is 1.99. The van der Waals surface area contributed by atoms with Gasteiger partial charge in [0.05, 0.1) is 6.21 Å². The van der Waals surface area contributed by atoms with Crippen molar-refractivity contribution in [3.8, 4) is 17.1 Å². The van der Waals surface area contributed by atoms with Crippen molar-refractivity contribution < 1.29 is 5.11 Å². The lowest BCUT2D eigenvalue weighted by Gasteiger charge is -2.05. The number of nitrogens with zero attached hydrogens (tertiary/aromatic N) is 3. The predicted molar refractivity (Wildman–Crippen MR) is 99.5 cm³/mol. The van der Waals surface area contributed by atoms with Gasteiger partial charge < -0.3 is 5.11 Å². The molecule has 0 fully saturated rings. The van der Waals surface area contributed by atoms with Crippen molar-refractivity contribution in [2.24, 2.45) is 5.10 Å². The summed E-state index contributed by atoms with van der Waals surface area (Å²) in [5, 5.41) is 14.2. The van der Waals surface area contributed by atoms with E-state index in [0.717, 1.165) is 10.0 Å². The number of hydrogen-bond acceptors (Lipinski definition) is 5. The second kappa shape index (κ2) is 7.42. The average Bonchev–Trinajstić information content (AvgIpc) is 2.58. The van der Waals surface area contributed by atoms with Crippen LogP contribution in [0.4, 0.5) is 5.82 Å². The summed E-state index contributed by atoms with van der Waals surface area (Å²) >= 11 is 9.40. The average molecular weight is 404 g/mol. The Morgan fingerprint density at radius 1 is 1.08 bits per heavy atom. The first-order valence-electron chi connectivity index (χ1n) is 6.99. The van der Waals surface area contributed by atoms with Gasteiger partial charge in [-0.25, -0.2) is 9.97 Å². The predicted octanol–water partition coefficient (Wildman–Crippen LogP) is 4.71. The molecule has 0 aliphatic carbocycles. The molecule has 5 nitrogen and oxygen atoms in total. The number of benzene rings is 2. The standard InChI is InChI=1S/C17H12BrClN4O/c18-13-6-7-14(24)12(8-13)10-20-23-16-9-15(19)21-17(22-16)11-4-2-1-3-5-11/h1-10,24H,(H,21,22,23). The second-order valence-corrected chi connectivity index (χ2v) is 6.14. The Bertz CT molecular complexity index is 887. The normalized spacial score (nSPS) is 10.9. The Morgan fingerprint density at radius 2 is 1.88 bits per heavy atom. The minimum absolute atomic E-state index is 0.134. The largest absolute Gasteiger partial charge is 0.507 e. The number of rotatable bonds is 4. The Morgan fingerprint density at radius 3 is 2.67 bits per heavy atom. The number of anilines is 1. The zero-order valence-electron chi connectivity index (χ0n) is 12.3. The Hall–Kier alpha value is -2.44. The summed E-state index contributed by atoms with van der Waals surface area (Å²) < 4.78 is 0.846. The van der Waals surface area contributed by atoms with E-state index in [1.807, 2.05) is 30.3 Å². The maximum atomic E-state index is 9.78. The first kappa shape index (κ1) is 16.4. The molecule has 1 heterocycles. The summed E-state index contributed by atoms with van der Waals surface area (Å²) in [4.78, 5) is 8.60. The van der Waals surface area contributed by atoms with Crippen LogP contribution >= 0.6 is 27.5 Å². The molecule has 0 saturated heterocycles. The Balaban J connectivity index is 1.82. The SMILES string of the molecule is Oc1ccc(Br)cc1C=NNc1cc(Cl)nc(-c2ccccc2)n1. The topological polar surface area (TPSA) is 70.4 Å². The van der Waals surface area contributed by atoms with Crippen LogP contribution in [0.2, 0.25) is 5.15 Å². The van der Waals surface area contributed by atoms with Crippen molar-refractivity contribution in [3.63, 3.8) is 0 Å². The van der Waals surface area contributed by atoms with E-state index in [2.05, 4.69) is 36.4 Å². The van der Waals surface area contributed by atoms with E-state index in [-0.39, 0.29) is 5.75 Å². The van der Waals surface area contributed by atoms with Gasteiger partial charge in [0, 0.05) is 21.7 Å². The number of aromatic nitrogens is 2. The highest BCUT2D eigenvalue weighted by molar-refractivity contribution is 9.10. The monoisotopic (exact) mass is 402 g/mol. The first-order valence-corrected chi connectivity index (χ1v) is 8.16. The van der Waals surface area contributed by atoms with Crippen molar-refractivity contribution in [2.75, 3.05) is 5.43 Å². The molecule has 0 radical (unpaired) electrons. The summed E-state index contributed by atoms with van der Waals surface area (Å²) in [5.41, 5.74) is 4.23. The van der Waals surface area contributed by atoms with Gasteiger partial charge in [0.15, 0.2) is 11.6 Å². The van der Waals surface area contributed by atoms with Crippen LogP contribution in [0.3, 0.4) is 0 Å². The molecular formula is C17H12BrClN4O. The van der Waals surface area contributed by atoms with Gasteiger partial charge in [-0.15, -0.1) is 0 Å². The van der Waals surface area contributed by atoms with Crippen LogP contribution in [0.5, 0.6) is 5.75 Å². The molecule has 1 aromatic heterocycles. The van der Waals surface area contributed by atoms with Gasteiger partial charge in [-0.05, 0) is 18.2 Å². The highest BCUT2D eigenvalue weighted by Crippen LogP contribution is 2.21. The number of hydrazone groups is 1. The molecule has 0 amide bonds. The summed E-state index contributed by atoms with van der Waals surface area (Å²) in [7, 11) is 0. The smallest absolute Gasteiger partial charge is 0.163 e. The van der Waals surface area contributed by atoms with Crippen LogP contribution in [-0.2, 0) is 0 Å². The number of aromatic hydroxyl groups is 1. The summed E-state index contributed by atoms with van der Waals surface area (Å²) in [5.74, 6) is 1.10. The van der Waals surface area contributed by atoms with Gasteiger partial charge in [-0.3, -0.25) is 5.43 Å². The summed E-state index contributed by atoms with van der Waals surface area (Å²) in [6, 6.07) is 16.2. The molecule has 0 atom stereocenters. The van der Waals surface area contributed by atoms with Crippen LogP contribution in [0.15, 0.2) is 64.2 Å². The molecule has 3 aromatic rings. The van der Waals surface area contributed by atoms with Gasteiger partial charge in [-0.1, -0.05) is 57.9 Å². The molecule has 120 valence electrons. The maximum Gasteiger partial charge on any atom is 0.163 e. The van der Waals surface area contributed by atoms with Crippen molar-refractivity contribution in [3.05, 3.63) is 69.8 Å². The molecule has 3 rings (SSSR count). The Kier molecular flexibility index (Phi) is 5.08. The zero-order valence-corrected chi connectivity index (χ0v) is 14.7. The van der Waals surface area contributed by atoms with Gasteiger partial charge in [0.25, 0.3) is 0 Å². The van der Waals surface area contributed by atoms with Gasteiger partial charge >= 0.3 is 0 Å². The van der Waals surface area contributed by atoms with Crippen LogP contribution in [0.1, 0.15) is 5.56 Å². The number of halogens is 2. The fourth-order valence-corrected chi connectivity index (χ4v) is 2.55. The second-order valence-electron chi connectivity index (χ2n) is 4.84. The molecule has 0 bridgehead atoms. The van der Waals surface area contributed by atoms with Gasteiger partial charge in [-0.2, -0.15) is 5.10 Å². The molecule has 24 heavy (non-hydrogen) atoms. The minimum Gasteiger partial charge on any atom is -0.507 e. The maximum absolute atomic E-state index is 9.78. The fraction of sp³-hybridized carbons (Fsp3) is 0. The molecule has 0 unspecified atom stereocenters. The molecule has 0 saturated carbocycles. The number of phenolic OH excluding ortho intramolecular Hbond substituents is 1. The number of hydrogen-bond donors (Lipinski definition) is 2. The van der Waals surface area contributed by atoms with E-state index < -0.39 is 0 Å². The highest BCUT2D eigenvalue weighted by atomic mass is 79.9. The van der Waals surface area contributed by atoms with E-state index >= 15 is 0 Å². The Labute approximate surface area is 152 Å². The summed E-state index contributed by atoms with van der Waals surface area (Å²) in [6.07, 6.45) is 1.50. The molecule has 2 N–H and O–H groups in total. The third-order valence-corrected chi connectivity index (χ3v) is 3.79. The number of phenols is 1. The van der Waals surface area contributed by atoms with Crippen molar-refractivity contribution in [2.45, 2.75) is 0 Å². The van der Waals surface area contributed by atoms with Crippen molar-refractivity contribution >= 4 is 39.6 Å². The first-order chi connectivity index (χ1) is 11.6. The third kappa shape index (κ3) is 4.10. The van der Waals surface area contributed by atoms with Crippen LogP contribution in [0, 0.1) is 0 Å². The van der Waals surface area contributed by atoms with E-state index in [9.17, 15) is 5.11 Å². The van der Waals surface area contributed by atoms with Crippen molar-refractivity contribution in [1.29, 1.82) is 0 Å². The molecule has 0 spiro atoms. The molecule has 0 aliphatic heterocycles. The zero-order chi connectivity index (χ0) is 16.9. The van der Waals surface area contributed by atoms with Crippen molar-refractivity contribution in [1.82, 2.24) is 9.97 Å². The molecule has 7 heteroatoms. The van der Waals surface area contributed by atoms with Crippen LogP contribution in [0.25, 0.3) is 11.4 Å². The lowest BCUT2D eigenvalue weighted by molar-refractivity contribution is 0.474. The summed E-state index contributed by atoms with van der Waals surface area (Å²) in [6.45, 7) is 0. The van der Waals surface area contributed by atoms with E-state index in [1.54, 1.807) is 24.3 Å². The lowest BCUT2D eigenvalue weighted by Crippen LogP contribution is -1.97. The van der Waals surface area contributed by atoms with Crippen LogP contribution < -0.4 is 5.43 Å². The van der Waals surface area contributed by atoms with E-state index in [0.29, 0.717) is 22.4 Å². The lowest BCUT2D eigenvalue weighted by atomic mass is 10.2. The van der Waals surface area contributed by atoms with Gasteiger partial charge in [0.2, 0.25) is 0 Å². The van der Waals surface area contributed by atoms with E-state index in [4.69, 9.17) is 11.6 Å².